The van der Waals surface area contributed by atoms with E-state index >= 15 is 0 Å². The minimum atomic E-state index is 0. The summed E-state index contributed by atoms with van der Waals surface area (Å²) < 4.78 is 5.30. The van der Waals surface area contributed by atoms with Crippen molar-refractivity contribution in [3.8, 4) is 0 Å². The van der Waals surface area contributed by atoms with Gasteiger partial charge in [0.2, 0.25) is 0 Å². The molecule has 5 heteroatoms. The molecule has 0 saturated carbocycles. The number of nitrogens with one attached hydrogen (secondary N) is 1. The highest BCUT2D eigenvalue weighted by molar-refractivity contribution is 5.85. The monoisotopic (exact) mass is 210 g/mol. The van der Waals surface area contributed by atoms with Gasteiger partial charge in [0.25, 0.3) is 0 Å². The van der Waals surface area contributed by atoms with Crippen molar-refractivity contribution in [2.45, 2.75) is 12.5 Å². The smallest absolute Gasteiger partial charge is 0.139 e. The fourth-order valence-electron chi connectivity index (χ4n) is 1.24. The molecule has 1 N–H and O–H groups in total. The van der Waals surface area contributed by atoms with Crippen molar-refractivity contribution < 1.29 is 4.74 Å². The van der Waals surface area contributed by atoms with Crippen molar-refractivity contribution >= 4 is 31.0 Å². The summed E-state index contributed by atoms with van der Waals surface area (Å²) in [5.41, 5.74) is 0. The third-order valence-corrected chi connectivity index (χ3v) is 1.80. The summed E-state index contributed by atoms with van der Waals surface area (Å²) in [6.45, 7) is 1.56. The van der Waals surface area contributed by atoms with E-state index in [0.29, 0.717) is 12.8 Å². The van der Waals surface area contributed by atoms with E-state index in [9.17, 15) is 0 Å². The van der Waals surface area contributed by atoms with Gasteiger partial charge < -0.3 is 4.74 Å². The van der Waals surface area contributed by atoms with Crippen LogP contribution in [0.25, 0.3) is 0 Å². The highest BCUT2D eigenvalue weighted by Crippen LogP contribution is 2.14. The molecule has 0 bridgehead atoms. The zero-order valence-electron chi connectivity index (χ0n) is 6.53. The van der Waals surface area contributed by atoms with Crippen molar-refractivity contribution in [1.82, 2.24) is 5.32 Å². The van der Waals surface area contributed by atoms with Gasteiger partial charge in [0.15, 0.2) is 0 Å². The second kappa shape index (κ2) is 5.41. The van der Waals surface area contributed by atoms with Gasteiger partial charge in [-0.3, -0.25) is 10.3 Å². The number of fused-ring (bicyclic) bond motifs is 1. The molecule has 0 aliphatic carbocycles. The molecular weight excluding hydrogens is 199 g/mol. The average Bonchev–Trinajstić information content (AvgIpc) is 2.28. The normalized spacial score (nSPS) is 25.3. The molecule has 1 saturated heterocycles. The lowest BCUT2D eigenvalue weighted by Gasteiger charge is -2.03. The summed E-state index contributed by atoms with van der Waals surface area (Å²) in [6.07, 6.45) is 4.82. The summed E-state index contributed by atoms with van der Waals surface area (Å²) >= 11 is 0. The molecule has 2 rings (SSSR count). The third-order valence-electron chi connectivity index (χ3n) is 1.80. The maximum absolute atomic E-state index is 5.30. The molecule has 1 unspecified atom stereocenters. The molecule has 0 spiro atoms. The highest BCUT2D eigenvalue weighted by atomic mass is 35.5. The number of halogens is 2. The van der Waals surface area contributed by atoms with Crippen LogP contribution in [0, 0.1) is 0 Å². The number of ether oxygens (including phenoxy) is 1. The topological polar surface area (TPSA) is 33.6 Å². The molecular formula is C7H12Cl2N2O. The SMILES string of the molecule is C1=NCCC2NCOC2=C1.Cl.Cl. The lowest BCUT2D eigenvalue weighted by molar-refractivity contribution is 0.254. The largest absolute Gasteiger partial charge is 0.481 e. The zero-order chi connectivity index (χ0) is 6.81. The minimum Gasteiger partial charge on any atom is -0.481 e. The number of aliphatic imine (C=N–C) groups is 1. The molecule has 0 aromatic rings. The van der Waals surface area contributed by atoms with Gasteiger partial charge in [-0.2, -0.15) is 0 Å². The average molecular weight is 211 g/mol. The van der Waals surface area contributed by atoms with Crippen LogP contribution in [0.15, 0.2) is 16.8 Å². The molecule has 70 valence electrons. The van der Waals surface area contributed by atoms with Crippen molar-refractivity contribution in [2.24, 2.45) is 4.99 Å². The molecule has 1 atom stereocenters. The second-order valence-corrected chi connectivity index (χ2v) is 2.46. The number of rotatable bonds is 0. The van der Waals surface area contributed by atoms with E-state index in [-0.39, 0.29) is 24.8 Å². The summed E-state index contributed by atoms with van der Waals surface area (Å²) in [6, 6.07) is 0.419. The summed E-state index contributed by atoms with van der Waals surface area (Å²) in [4.78, 5) is 4.13. The van der Waals surface area contributed by atoms with Crippen LogP contribution in [-0.4, -0.2) is 25.5 Å². The summed E-state index contributed by atoms with van der Waals surface area (Å²) in [5.74, 6) is 1.04. The van der Waals surface area contributed by atoms with Gasteiger partial charge >= 0.3 is 0 Å². The Balaban J connectivity index is 0.000000605. The van der Waals surface area contributed by atoms with Crippen LogP contribution in [-0.2, 0) is 4.74 Å². The van der Waals surface area contributed by atoms with Gasteiger partial charge in [-0.15, -0.1) is 24.8 Å². The molecule has 0 aromatic heterocycles. The Morgan fingerprint density at radius 3 is 3.17 bits per heavy atom. The molecule has 3 nitrogen and oxygen atoms in total. The number of allylic oxidation sites excluding steroid dienone is 1. The van der Waals surface area contributed by atoms with Crippen LogP contribution in [0.2, 0.25) is 0 Å². The molecule has 2 aliphatic heterocycles. The van der Waals surface area contributed by atoms with Crippen LogP contribution < -0.4 is 5.32 Å². The Kier molecular flexibility index (Phi) is 5.29. The van der Waals surface area contributed by atoms with Gasteiger partial charge in [-0.1, -0.05) is 0 Å². The van der Waals surface area contributed by atoms with E-state index in [2.05, 4.69) is 10.3 Å². The predicted molar refractivity (Wildman–Crippen MR) is 53.4 cm³/mol. The standard InChI is InChI=1S/C7H10N2O.2ClH/c1-3-8-4-2-7-6(1)9-5-10-7;;/h2,4,6,9H,1,3,5H2;2*1H. The third kappa shape index (κ3) is 2.37. The lowest BCUT2D eigenvalue weighted by atomic mass is 10.2. The van der Waals surface area contributed by atoms with E-state index in [1.165, 1.54) is 0 Å². The number of hydrogen-bond acceptors (Lipinski definition) is 3. The Hall–Kier alpha value is -0.250. The Morgan fingerprint density at radius 1 is 1.50 bits per heavy atom. The van der Waals surface area contributed by atoms with Crippen LogP contribution in [0.5, 0.6) is 0 Å². The van der Waals surface area contributed by atoms with Crippen LogP contribution >= 0.6 is 24.8 Å². The first-order valence-electron chi connectivity index (χ1n) is 3.53. The molecule has 0 aromatic carbocycles. The Labute approximate surface area is 84.1 Å². The fraction of sp³-hybridized carbons (Fsp3) is 0.571. The number of hydrogen-bond donors (Lipinski definition) is 1. The van der Waals surface area contributed by atoms with E-state index in [1.807, 2.05) is 12.3 Å². The van der Waals surface area contributed by atoms with Crippen molar-refractivity contribution in [1.29, 1.82) is 0 Å². The first-order chi connectivity index (χ1) is 4.97. The van der Waals surface area contributed by atoms with Crippen molar-refractivity contribution in [3.63, 3.8) is 0 Å². The first-order valence-corrected chi connectivity index (χ1v) is 3.53. The summed E-state index contributed by atoms with van der Waals surface area (Å²) in [7, 11) is 0. The molecule has 2 aliphatic rings. The fourth-order valence-corrected chi connectivity index (χ4v) is 1.24. The zero-order valence-corrected chi connectivity index (χ0v) is 8.16. The van der Waals surface area contributed by atoms with Crippen molar-refractivity contribution in [3.05, 3.63) is 11.8 Å². The van der Waals surface area contributed by atoms with E-state index in [4.69, 9.17) is 4.74 Å². The quantitative estimate of drug-likeness (QED) is 0.651. The summed E-state index contributed by atoms with van der Waals surface area (Å²) in [5, 5.41) is 3.23. The molecule has 12 heavy (non-hydrogen) atoms. The van der Waals surface area contributed by atoms with Gasteiger partial charge in [0.1, 0.15) is 12.5 Å². The number of nitrogens with zero attached hydrogens (tertiary/aromatic N) is 1. The van der Waals surface area contributed by atoms with Crippen LogP contribution in [0.4, 0.5) is 0 Å². The molecule has 0 radical (unpaired) electrons. The van der Waals surface area contributed by atoms with E-state index in [1.54, 1.807) is 0 Å². The van der Waals surface area contributed by atoms with Gasteiger partial charge in [-0.05, 0) is 12.5 Å². The maximum atomic E-state index is 5.30. The van der Waals surface area contributed by atoms with Gasteiger partial charge in [0, 0.05) is 12.8 Å². The van der Waals surface area contributed by atoms with Crippen LogP contribution in [0.1, 0.15) is 6.42 Å². The lowest BCUT2D eigenvalue weighted by Crippen LogP contribution is -2.22. The maximum Gasteiger partial charge on any atom is 0.139 e. The van der Waals surface area contributed by atoms with Crippen molar-refractivity contribution in [2.75, 3.05) is 13.3 Å². The highest BCUT2D eigenvalue weighted by Gasteiger charge is 2.21. The van der Waals surface area contributed by atoms with Crippen LogP contribution in [0.3, 0.4) is 0 Å². The molecule has 2 heterocycles. The van der Waals surface area contributed by atoms with Gasteiger partial charge in [-0.25, -0.2) is 0 Å². The second-order valence-electron chi connectivity index (χ2n) is 2.46. The van der Waals surface area contributed by atoms with E-state index in [0.717, 1.165) is 18.7 Å². The molecule has 0 amide bonds. The predicted octanol–water partition coefficient (Wildman–Crippen LogP) is 1.13. The minimum absolute atomic E-state index is 0. The van der Waals surface area contributed by atoms with Gasteiger partial charge in [0.05, 0.1) is 6.04 Å². The first kappa shape index (κ1) is 11.8. The Bertz CT molecular complexity index is 194. The Morgan fingerprint density at radius 2 is 2.33 bits per heavy atom. The van der Waals surface area contributed by atoms with E-state index < -0.39 is 0 Å². The molecule has 1 fully saturated rings.